The van der Waals surface area contributed by atoms with E-state index in [-0.39, 0.29) is 17.6 Å². The number of rotatable bonds is 5. The number of benzene rings is 6. The van der Waals surface area contributed by atoms with Crippen LogP contribution in [-0.2, 0) is 19.4 Å². The number of hydrogen-bond donors (Lipinski definition) is 0. The van der Waals surface area contributed by atoms with E-state index in [1.165, 1.54) is 32.8 Å². The first kappa shape index (κ1) is 30.5. The van der Waals surface area contributed by atoms with E-state index in [9.17, 15) is 4.79 Å². The van der Waals surface area contributed by atoms with Crippen molar-refractivity contribution < 1.29 is 4.79 Å². The Hall–Kier alpha value is -5.12. The molecule has 3 heteroatoms. The Morgan fingerprint density at radius 3 is 2.04 bits per heavy atom. The summed E-state index contributed by atoms with van der Waals surface area (Å²) < 4.78 is 0. The summed E-state index contributed by atoms with van der Waals surface area (Å²) in [4.78, 5) is 20.9. The molecule has 6 aromatic carbocycles. The maximum absolute atomic E-state index is 14.5. The Balaban J connectivity index is 0.000000298. The molecule has 0 radical (unpaired) electrons. The number of carbonyl (C=O) groups is 1. The normalized spacial score (nSPS) is 15.9. The predicted octanol–water partition coefficient (Wildman–Crippen LogP) is 10.2. The van der Waals surface area contributed by atoms with E-state index in [0.29, 0.717) is 0 Å². The summed E-state index contributed by atoms with van der Waals surface area (Å²) in [6, 6.07) is 46.9. The minimum Gasteiger partial charge on any atom is -0.305 e. The lowest BCUT2D eigenvalue weighted by atomic mass is 9.68. The topological polar surface area (TPSA) is 33.2 Å². The molecule has 0 fully saturated rings. The Morgan fingerprint density at radius 1 is 0.638 bits per heavy atom. The fraction of sp³-hybridized carbons (Fsp3) is 0.182. The van der Waals surface area contributed by atoms with Crippen molar-refractivity contribution in [2.45, 2.75) is 38.1 Å². The molecule has 1 heterocycles. The van der Waals surface area contributed by atoms with Crippen LogP contribution in [0.4, 0.5) is 0 Å². The van der Waals surface area contributed by atoms with Gasteiger partial charge in [0.05, 0.1) is 11.4 Å². The third kappa shape index (κ3) is 6.19. The number of nitrogens with zero attached hydrogens (tertiary/aromatic N) is 2. The van der Waals surface area contributed by atoms with Gasteiger partial charge in [-0.3, -0.25) is 9.78 Å². The SMILES string of the molecule is CCc1ccc(C2C(=O)c3c(ccc4c3ccc3ccccc34)CC2c2ccc(CN(C)C)cc2)cc1.c1ccc2ncccc2c1. The summed E-state index contributed by atoms with van der Waals surface area (Å²) in [5, 5.41) is 5.86. The van der Waals surface area contributed by atoms with Crippen LogP contribution in [0.15, 0.2) is 140 Å². The Labute approximate surface area is 277 Å². The molecule has 0 N–H and O–H groups in total. The van der Waals surface area contributed by atoms with Crippen LogP contribution < -0.4 is 0 Å². The Kier molecular flexibility index (Phi) is 8.65. The molecule has 2 unspecified atom stereocenters. The van der Waals surface area contributed by atoms with Gasteiger partial charge in [-0.05, 0) is 88.4 Å². The van der Waals surface area contributed by atoms with Gasteiger partial charge in [0.15, 0.2) is 5.78 Å². The summed E-state index contributed by atoms with van der Waals surface area (Å²) in [5.41, 5.74) is 8.08. The van der Waals surface area contributed by atoms with E-state index in [0.717, 1.165) is 52.4 Å². The number of fused-ring (bicyclic) bond motifs is 6. The van der Waals surface area contributed by atoms with E-state index in [2.05, 4.69) is 140 Å². The van der Waals surface area contributed by atoms with Crippen LogP contribution in [0.3, 0.4) is 0 Å². The smallest absolute Gasteiger partial charge is 0.171 e. The van der Waals surface area contributed by atoms with Gasteiger partial charge < -0.3 is 4.90 Å². The summed E-state index contributed by atoms with van der Waals surface area (Å²) in [6.45, 7) is 3.08. The molecule has 0 aliphatic heterocycles. The molecule has 7 aromatic rings. The van der Waals surface area contributed by atoms with E-state index in [1.807, 2.05) is 30.5 Å². The summed E-state index contributed by atoms with van der Waals surface area (Å²) >= 11 is 0. The molecule has 0 spiro atoms. The molecule has 3 nitrogen and oxygen atoms in total. The highest BCUT2D eigenvalue weighted by Crippen LogP contribution is 2.45. The van der Waals surface area contributed by atoms with E-state index in [4.69, 9.17) is 0 Å². The maximum atomic E-state index is 14.5. The second kappa shape index (κ2) is 13.3. The second-order valence-electron chi connectivity index (χ2n) is 12.9. The molecule has 0 bridgehead atoms. The van der Waals surface area contributed by atoms with Crippen LogP contribution in [0.1, 0.15) is 56.9 Å². The van der Waals surface area contributed by atoms with Gasteiger partial charge in [0.1, 0.15) is 0 Å². The minimum absolute atomic E-state index is 0.110. The molecule has 0 saturated heterocycles. The van der Waals surface area contributed by atoms with Gasteiger partial charge in [-0.25, -0.2) is 0 Å². The van der Waals surface area contributed by atoms with Gasteiger partial charge in [0.2, 0.25) is 0 Å². The fourth-order valence-electron chi connectivity index (χ4n) is 7.19. The zero-order valence-corrected chi connectivity index (χ0v) is 27.4. The van der Waals surface area contributed by atoms with Crippen molar-refractivity contribution in [3.63, 3.8) is 0 Å². The number of ketones is 1. The number of carbonyl (C=O) groups excluding carboxylic acids is 1. The van der Waals surface area contributed by atoms with Crippen molar-refractivity contribution in [3.8, 4) is 0 Å². The Morgan fingerprint density at radius 2 is 1.30 bits per heavy atom. The first-order chi connectivity index (χ1) is 23.0. The molecule has 8 rings (SSSR count). The molecular formula is C44H40N2O. The lowest BCUT2D eigenvalue weighted by molar-refractivity contribution is 0.0937. The third-order valence-corrected chi connectivity index (χ3v) is 9.55. The molecule has 0 saturated carbocycles. The number of hydrogen-bond acceptors (Lipinski definition) is 3. The van der Waals surface area contributed by atoms with Crippen LogP contribution in [-0.4, -0.2) is 29.8 Å². The summed E-state index contributed by atoms with van der Waals surface area (Å²) in [6.07, 6.45) is 3.66. The fourth-order valence-corrected chi connectivity index (χ4v) is 7.19. The Bertz CT molecular complexity index is 2120. The molecule has 1 aromatic heterocycles. The van der Waals surface area contributed by atoms with Crippen molar-refractivity contribution in [2.24, 2.45) is 0 Å². The van der Waals surface area contributed by atoms with Crippen LogP contribution in [0.5, 0.6) is 0 Å². The largest absolute Gasteiger partial charge is 0.305 e. The molecule has 0 amide bonds. The monoisotopic (exact) mass is 612 g/mol. The summed E-state index contributed by atoms with van der Waals surface area (Å²) in [5.74, 6) is 0.155. The first-order valence-electron chi connectivity index (χ1n) is 16.6. The maximum Gasteiger partial charge on any atom is 0.171 e. The highest BCUT2D eigenvalue weighted by Gasteiger charge is 2.38. The van der Waals surface area contributed by atoms with Gasteiger partial charge in [-0.1, -0.05) is 128 Å². The van der Waals surface area contributed by atoms with Gasteiger partial charge in [0.25, 0.3) is 0 Å². The van der Waals surface area contributed by atoms with E-state index >= 15 is 0 Å². The average molecular weight is 613 g/mol. The van der Waals surface area contributed by atoms with Crippen LogP contribution in [0, 0.1) is 0 Å². The van der Waals surface area contributed by atoms with Crippen LogP contribution >= 0.6 is 0 Å². The number of aryl methyl sites for hydroxylation is 1. The zero-order valence-electron chi connectivity index (χ0n) is 27.4. The van der Waals surface area contributed by atoms with Crippen molar-refractivity contribution in [1.82, 2.24) is 9.88 Å². The van der Waals surface area contributed by atoms with Crippen LogP contribution in [0.2, 0.25) is 0 Å². The van der Waals surface area contributed by atoms with Gasteiger partial charge in [-0.2, -0.15) is 0 Å². The predicted molar refractivity (Wildman–Crippen MR) is 196 cm³/mol. The highest BCUT2D eigenvalue weighted by molar-refractivity contribution is 6.18. The van der Waals surface area contributed by atoms with Gasteiger partial charge in [0, 0.05) is 29.6 Å². The molecule has 1 aliphatic carbocycles. The van der Waals surface area contributed by atoms with Crippen molar-refractivity contribution in [1.29, 1.82) is 0 Å². The quantitative estimate of drug-likeness (QED) is 0.181. The van der Waals surface area contributed by atoms with E-state index in [1.54, 1.807) is 0 Å². The first-order valence-corrected chi connectivity index (χ1v) is 16.6. The molecule has 1 aliphatic rings. The standard InChI is InChI=1S/C35H33NO.C9H7N/c1-4-23-9-15-27(16-10-23)33-32(26-13-11-24(12-14-26)22-36(2)3)21-28-18-19-30-29-8-6-5-7-25(29)17-20-31(30)34(28)35(33)37;1-2-6-9-8(4-1)5-3-7-10-9/h5-20,32-33H,4,21-22H2,1-3H3;1-7H. The van der Waals surface area contributed by atoms with E-state index < -0.39 is 0 Å². The average Bonchev–Trinajstić information content (AvgIpc) is 3.11. The number of pyridine rings is 1. The van der Waals surface area contributed by atoms with Gasteiger partial charge >= 0.3 is 0 Å². The molecule has 2 atom stereocenters. The molecular weight excluding hydrogens is 572 g/mol. The van der Waals surface area contributed by atoms with Crippen molar-refractivity contribution in [3.05, 3.63) is 173 Å². The lowest BCUT2D eigenvalue weighted by Crippen LogP contribution is -2.29. The van der Waals surface area contributed by atoms with Crippen molar-refractivity contribution in [2.75, 3.05) is 14.1 Å². The van der Waals surface area contributed by atoms with Crippen LogP contribution in [0.25, 0.3) is 32.4 Å². The molecule has 47 heavy (non-hydrogen) atoms. The number of Topliss-reactive ketones (excluding diaryl/α,β-unsaturated/α-hetero) is 1. The second-order valence-corrected chi connectivity index (χ2v) is 12.9. The lowest BCUT2D eigenvalue weighted by Gasteiger charge is -2.34. The number of aromatic nitrogens is 1. The van der Waals surface area contributed by atoms with Crippen molar-refractivity contribution >= 4 is 38.2 Å². The minimum atomic E-state index is -0.199. The zero-order chi connectivity index (χ0) is 32.3. The molecule has 232 valence electrons. The highest BCUT2D eigenvalue weighted by atomic mass is 16.1. The third-order valence-electron chi connectivity index (χ3n) is 9.55. The summed E-state index contributed by atoms with van der Waals surface area (Å²) in [7, 11) is 4.18. The number of para-hydroxylation sites is 1. The van der Waals surface area contributed by atoms with Gasteiger partial charge in [-0.15, -0.1) is 0 Å².